The molecule has 0 saturated carbocycles. The van der Waals surface area contributed by atoms with E-state index in [1.165, 1.54) is 6.08 Å². The van der Waals surface area contributed by atoms with Crippen molar-refractivity contribution in [1.82, 2.24) is 4.98 Å². The number of hydrogen-bond donors (Lipinski definition) is 0. The van der Waals surface area contributed by atoms with Gasteiger partial charge in [-0.3, -0.25) is 9.78 Å². The molecule has 2 aromatic carbocycles. The second-order valence-electron chi connectivity index (χ2n) is 6.08. The third-order valence-electron chi connectivity index (χ3n) is 4.24. The maximum absolute atomic E-state index is 12.8. The summed E-state index contributed by atoms with van der Waals surface area (Å²) >= 11 is 0. The van der Waals surface area contributed by atoms with Crippen molar-refractivity contribution < 1.29 is 9.53 Å². The maximum atomic E-state index is 12.8. The van der Waals surface area contributed by atoms with Crippen LogP contribution in [-0.2, 0) is 4.79 Å². The smallest absolute Gasteiger partial charge is 0.251 e. The van der Waals surface area contributed by atoms with E-state index in [0.29, 0.717) is 13.2 Å². The second kappa shape index (κ2) is 9.33. The zero-order valence-corrected chi connectivity index (χ0v) is 15.7. The van der Waals surface area contributed by atoms with Gasteiger partial charge in [-0.2, -0.15) is 5.26 Å². The number of nitriles is 1. The third-order valence-corrected chi connectivity index (χ3v) is 4.24. The van der Waals surface area contributed by atoms with E-state index >= 15 is 0 Å². The maximum Gasteiger partial charge on any atom is 0.251 e. The molecule has 1 aromatic heterocycles. The van der Waals surface area contributed by atoms with Gasteiger partial charge in [-0.25, -0.2) is 0 Å². The van der Waals surface area contributed by atoms with Gasteiger partial charge in [-0.15, -0.1) is 0 Å². The summed E-state index contributed by atoms with van der Waals surface area (Å²) in [6.45, 7) is 2.82. The van der Waals surface area contributed by atoms with Crippen molar-refractivity contribution in [3.8, 4) is 11.8 Å². The molecule has 0 aliphatic rings. The predicted molar refractivity (Wildman–Crippen MR) is 111 cm³/mol. The fourth-order valence-electron chi connectivity index (χ4n) is 2.93. The topological polar surface area (TPSA) is 66.2 Å². The normalized spacial score (nSPS) is 10.7. The van der Waals surface area contributed by atoms with Crippen LogP contribution in [0.15, 0.2) is 66.9 Å². The van der Waals surface area contributed by atoms with E-state index in [4.69, 9.17) is 10.00 Å². The van der Waals surface area contributed by atoms with E-state index in [1.54, 1.807) is 17.2 Å². The number of pyridine rings is 1. The largest absolute Gasteiger partial charge is 0.494 e. The number of benzene rings is 2. The predicted octanol–water partition coefficient (Wildman–Crippen LogP) is 4.59. The quantitative estimate of drug-likeness (QED) is 0.570. The number of aromatic nitrogens is 1. The number of nitrogens with zero attached hydrogens (tertiary/aromatic N) is 3. The lowest BCUT2D eigenvalue weighted by molar-refractivity contribution is -0.114. The molecule has 5 nitrogen and oxygen atoms in total. The van der Waals surface area contributed by atoms with Crippen LogP contribution in [0.2, 0.25) is 0 Å². The molecule has 0 fully saturated rings. The van der Waals surface area contributed by atoms with E-state index < -0.39 is 0 Å². The van der Waals surface area contributed by atoms with E-state index in [2.05, 4.69) is 11.1 Å². The second-order valence-corrected chi connectivity index (χ2v) is 6.08. The highest BCUT2D eigenvalue weighted by molar-refractivity contribution is 6.04. The first-order valence-electron chi connectivity index (χ1n) is 9.16. The van der Waals surface area contributed by atoms with Crippen molar-refractivity contribution in [3.63, 3.8) is 0 Å². The highest BCUT2D eigenvalue weighted by Gasteiger charge is 2.13. The lowest BCUT2D eigenvalue weighted by atomic mass is 10.1. The average molecular weight is 371 g/mol. The molecule has 0 saturated heterocycles. The summed E-state index contributed by atoms with van der Waals surface area (Å²) in [5.41, 5.74) is 2.45. The minimum Gasteiger partial charge on any atom is -0.494 e. The van der Waals surface area contributed by atoms with Gasteiger partial charge in [-0.1, -0.05) is 24.3 Å². The summed E-state index contributed by atoms with van der Waals surface area (Å²) in [7, 11) is 0. The Morgan fingerprint density at radius 2 is 1.96 bits per heavy atom. The summed E-state index contributed by atoms with van der Waals surface area (Å²) < 4.78 is 5.45. The molecule has 3 aromatic rings. The molecule has 140 valence electrons. The first-order valence-corrected chi connectivity index (χ1v) is 9.16. The Hall–Kier alpha value is -3.65. The van der Waals surface area contributed by atoms with Crippen molar-refractivity contribution >= 4 is 28.6 Å². The number of ether oxygens (including phenoxy) is 1. The van der Waals surface area contributed by atoms with Crippen LogP contribution in [0.25, 0.3) is 17.0 Å². The Morgan fingerprint density at radius 1 is 1.18 bits per heavy atom. The van der Waals surface area contributed by atoms with Gasteiger partial charge in [0, 0.05) is 35.5 Å². The Morgan fingerprint density at radius 3 is 2.71 bits per heavy atom. The zero-order valence-electron chi connectivity index (χ0n) is 15.7. The average Bonchev–Trinajstić information content (AvgIpc) is 2.73. The highest BCUT2D eigenvalue weighted by atomic mass is 16.5. The number of carbonyl (C=O) groups is 1. The molecule has 1 amide bonds. The van der Waals surface area contributed by atoms with Crippen LogP contribution < -0.4 is 9.64 Å². The lowest BCUT2D eigenvalue weighted by Crippen LogP contribution is -2.30. The minimum absolute atomic E-state index is 0.188. The van der Waals surface area contributed by atoms with Crippen LogP contribution in [-0.4, -0.2) is 24.0 Å². The van der Waals surface area contributed by atoms with Gasteiger partial charge in [-0.05, 0) is 43.3 Å². The van der Waals surface area contributed by atoms with Gasteiger partial charge >= 0.3 is 0 Å². The lowest BCUT2D eigenvalue weighted by Gasteiger charge is -2.20. The Labute approximate surface area is 164 Å². The zero-order chi connectivity index (χ0) is 19.8. The fourth-order valence-corrected chi connectivity index (χ4v) is 2.93. The van der Waals surface area contributed by atoms with Crippen LogP contribution >= 0.6 is 0 Å². The van der Waals surface area contributed by atoms with Crippen LogP contribution in [0.5, 0.6) is 5.75 Å². The van der Waals surface area contributed by atoms with Crippen molar-refractivity contribution in [2.75, 3.05) is 18.1 Å². The molecule has 0 aliphatic heterocycles. The first-order chi connectivity index (χ1) is 13.7. The molecule has 0 radical (unpaired) electrons. The highest BCUT2D eigenvalue weighted by Crippen LogP contribution is 2.21. The van der Waals surface area contributed by atoms with Crippen LogP contribution in [0, 0.1) is 11.3 Å². The number of rotatable bonds is 7. The molecule has 0 atom stereocenters. The SMILES string of the molecule is CCOc1ccc(N(CCC#N)C(=O)/C=C/c2cccc3cccnc23)cc1. The molecule has 0 unspecified atom stereocenters. The van der Waals surface area contributed by atoms with Gasteiger partial charge in [0.1, 0.15) is 5.75 Å². The van der Waals surface area contributed by atoms with Gasteiger partial charge in [0.2, 0.25) is 0 Å². The minimum atomic E-state index is -0.188. The summed E-state index contributed by atoms with van der Waals surface area (Å²) in [5.74, 6) is 0.559. The molecule has 5 heteroatoms. The Kier molecular flexibility index (Phi) is 6.37. The number of hydrogen-bond acceptors (Lipinski definition) is 4. The molecule has 28 heavy (non-hydrogen) atoms. The van der Waals surface area contributed by atoms with Crippen LogP contribution in [0.1, 0.15) is 18.9 Å². The molecule has 0 N–H and O–H groups in total. The molecule has 0 aliphatic carbocycles. The molecule has 3 rings (SSSR count). The number of carbonyl (C=O) groups excluding carboxylic acids is 1. The third kappa shape index (κ3) is 4.54. The summed E-state index contributed by atoms with van der Waals surface area (Å²) in [4.78, 5) is 18.8. The number of para-hydroxylation sites is 1. The fraction of sp³-hybridized carbons (Fsp3) is 0.174. The molecule has 1 heterocycles. The van der Waals surface area contributed by atoms with Gasteiger partial charge in [0.15, 0.2) is 0 Å². The number of amides is 1. The van der Waals surface area contributed by atoms with Crippen molar-refractivity contribution in [1.29, 1.82) is 5.26 Å². The van der Waals surface area contributed by atoms with Gasteiger partial charge in [0.25, 0.3) is 5.91 Å². The van der Waals surface area contributed by atoms with Crippen LogP contribution in [0.4, 0.5) is 5.69 Å². The molecule has 0 bridgehead atoms. The first kappa shape index (κ1) is 19.1. The summed E-state index contributed by atoms with van der Waals surface area (Å²) in [5, 5.41) is 9.97. The van der Waals surface area contributed by atoms with Gasteiger partial charge in [0.05, 0.1) is 24.6 Å². The van der Waals surface area contributed by atoms with Crippen molar-refractivity contribution in [2.45, 2.75) is 13.3 Å². The Bertz CT molecular complexity index is 1010. The molecule has 0 spiro atoms. The van der Waals surface area contributed by atoms with Gasteiger partial charge < -0.3 is 9.64 Å². The summed E-state index contributed by atoms with van der Waals surface area (Å²) in [6.07, 6.45) is 5.28. The number of fused-ring (bicyclic) bond motifs is 1. The monoisotopic (exact) mass is 371 g/mol. The molecular formula is C23H21N3O2. The van der Waals surface area contributed by atoms with E-state index in [0.717, 1.165) is 27.9 Å². The van der Waals surface area contributed by atoms with E-state index in [9.17, 15) is 4.79 Å². The number of anilines is 1. The van der Waals surface area contributed by atoms with E-state index in [1.807, 2.05) is 61.5 Å². The Balaban J connectivity index is 1.84. The van der Waals surface area contributed by atoms with Crippen molar-refractivity contribution in [2.24, 2.45) is 0 Å². The summed E-state index contributed by atoms with van der Waals surface area (Å²) in [6, 6.07) is 19.1. The standard InChI is InChI=1S/C23H21N3O2/c1-2-28-21-12-10-20(11-13-21)26(17-5-15-24)22(27)14-9-19-7-3-6-18-8-4-16-25-23(18)19/h3-4,6-14,16H,2,5,17H2,1H3/b14-9+. The molecular weight excluding hydrogens is 350 g/mol. The van der Waals surface area contributed by atoms with E-state index in [-0.39, 0.29) is 12.3 Å². The van der Waals surface area contributed by atoms with Crippen LogP contribution in [0.3, 0.4) is 0 Å². The van der Waals surface area contributed by atoms with Crippen molar-refractivity contribution in [3.05, 3.63) is 72.4 Å².